The zero-order valence-electron chi connectivity index (χ0n) is 15.4. The van der Waals surface area contributed by atoms with E-state index in [2.05, 4.69) is 60.7 Å². The van der Waals surface area contributed by atoms with E-state index in [0.29, 0.717) is 13.2 Å². The van der Waals surface area contributed by atoms with Gasteiger partial charge >= 0.3 is 0 Å². The zero-order chi connectivity index (χ0) is 17.9. The van der Waals surface area contributed by atoms with Crippen LogP contribution in [-0.2, 0) is 35.5 Å². The molecule has 1 aliphatic carbocycles. The number of fused-ring (bicyclic) bond motifs is 5. The Balaban J connectivity index is 2.11. The van der Waals surface area contributed by atoms with Crippen LogP contribution < -0.4 is 0 Å². The molecule has 4 rings (SSSR count). The van der Waals surface area contributed by atoms with Gasteiger partial charge in [-0.15, -0.1) is 0 Å². The normalized spacial score (nSPS) is 12.5. The van der Waals surface area contributed by atoms with Crippen molar-refractivity contribution in [3.05, 3.63) is 82.9 Å². The van der Waals surface area contributed by atoms with Crippen molar-refractivity contribution < 1.29 is 9.47 Å². The lowest BCUT2D eigenvalue weighted by atomic mass is 9.80. The first kappa shape index (κ1) is 17.0. The molecule has 0 spiro atoms. The topological polar surface area (TPSA) is 18.5 Å². The van der Waals surface area contributed by atoms with Gasteiger partial charge in [0.2, 0.25) is 0 Å². The van der Waals surface area contributed by atoms with Crippen LogP contribution in [-0.4, -0.2) is 14.2 Å². The molecule has 0 N–H and O–H groups in total. The van der Waals surface area contributed by atoms with Crippen molar-refractivity contribution in [3.63, 3.8) is 0 Å². The molecule has 0 heterocycles. The quantitative estimate of drug-likeness (QED) is 0.630. The molecule has 2 heteroatoms. The van der Waals surface area contributed by atoms with Crippen LogP contribution in [0.1, 0.15) is 22.3 Å². The summed E-state index contributed by atoms with van der Waals surface area (Å²) in [5.41, 5.74) is 10.5. The standard InChI is InChI=1S/C24H24O2/c1-25-15-19-13-14-20(16-26-2)24-22-10-6-4-8-18(22)12-11-17-7-3-5-9-21(17)23(19)24/h3-10,13-14H,11-12,15-16H2,1-2H3. The number of hydrogen-bond donors (Lipinski definition) is 0. The average molecular weight is 344 g/mol. The first-order chi connectivity index (χ1) is 12.8. The lowest BCUT2D eigenvalue weighted by molar-refractivity contribution is 0.183. The van der Waals surface area contributed by atoms with Gasteiger partial charge in [0.1, 0.15) is 0 Å². The van der Waals surface area contributed by atoms with Crippen molar-refractivity contribution in [1.82, 2.24) is 0 Å². The van der Waals surface area contributed by atoms with Gasteiger partial charge in [-0.3, -0.25) is 0 Å². The van der Waals surface area contributed by atoms with Crippen LogP contribution in [0.15, 0.2) is 60.7 Å². The third-order valence-electron chi connectivity index (χ3n) is 5.21. The molecule has 0 radical (unpaired) electrons. The van der Waals surface area contributed by atoms with Crippen LogP contribution in [0.4, 0.5) is 0 Å². The predicted molar refractivity (Wildman–Crippen MR) is 106 cm³/mol. The van der Waals surface area contributed by atoms with Crippen LogP contribution >= 0.6 is 0 Å². The minimum absolute atomic E-state index is 0.603. The van der Waals surface area contributed by atoms with E-state index in [4.69, 9.17) is 9.47 Å². The van der Waals surface area contributed by atoms with Crippen LogP contribution in [0.2, 0.25) is 0 Å². The molecule has 0 saturated heterocycles. The Morgan fingerprint density at radius 1 is 0.615 bits per heavy atom. The van der Waals surface area contributed by atoms with Crippen molar-refractivity contribution in [2.45, 2.75) is 26.1 Å². The number of methoxy groups -OCH3 is 2. The number of aryl methyl sites for hydroxylation is 2. The average Bonchev–Trinajstić information content (AvgIpc) is 2.67. The Kier molecular flexibility index (Phi) is 4.87. The third-order valence-corrected chi connectivity index (χ3v) is 5.21. The Morgan fingerprint density at radius 2 is 1.04 bits per heavy atom. The summed E-state index contributed by atoms with van der Waals surface area (Å²) < 4.78 is 11.1. The molecule has 0 aliphatic heterocycles. The largest absolute Gasteiger partial charge is 0.380 e. The Hall–Kier alpha value is -2.42. The Labute approximate surface area is 155 Å². The van der Waals surface area contributed by atoms with Gasteiger partial charge < -0.3 is 9.47 Å². The molecular weight excluding hydrogens is 320 g/mol. The summed E-state index contributed by atoms with van der Waals surface area (Å²) >= 11 is 0. The summed E-state index contributed by atoms with van der Waals surface area (Å²) in [6.45, 7) is 1.21. The molecule has 132 valence electrons. The lowest BCUT2D eigenvalue weighted by Crippen LogP contribution is -2.07. The SMILES string of the molecule is COCc1ccc(COC)c2c1-c1ccccc1CCc1ccccc1-2. The number of benzene rings is 3. The van der Waals surface area contributed by atoms with Crippen LogP contribution in [0.25, 0.3) is 22.3 Å². The molecule has 26 heavy (non-hydrogen) atoms. The maximum atomic E-state index is 5.54. The second kappa shape index (κ2) is 7.45. The predicted octanol–water partition coefficient (Wildman–Crippen LogP) is 5.41. The van der Waals surface area contributed by atoms with Crippen molar-refractivity contribution in [2.24, 2.45) is 0 Å². The molecular formula is C24H24O2. The lowest BCUT2D eigenvalue weighted by Gasteiger charge is -2.25. The minimum Gasteiger partial charge on any atom is -0.380 e. The smallest absolute Gasteiger partial charge is 0.0719 e. The first-order valence-electron chi connectivity index (χ1n) is 9.12. The summed E-state index contributed by atoms with van der Waals surface area (Å²) in [5, 5.41) is 0. The van der Waals surface area contributed by atoms with E-state index in [1.54, 1.807) is 14.2 Å². The fourth-order valence-electron chi connectivity index (χ4n) is 4.09. The fraction of sp³-hybridized carbons (Fsp3) is 0.250. The highest BCUT2D eigenvalue weighted by Gasteiger charge is 2.22. The van der Waals surface area contributed by atoms with E-state index < -0.39 is 0 Å². The van der Waals surface area contributed by atoms with Gasteiger partial charge in [0.05, 0.1) is 13.2 Å². The molecule has 0 bridgehead atoms. The third kappa shape index (κ3) is 2.96. The Bertz CT molecular complexity index is 851. The second-order valence-electron chi connectivity index (χ2n) is 6.81. The van der Waals surface area contributed by atoms with Crippen molar-refractivity contribution in [3.8, 4) is 22.3 Å². The van der Waals surface area contributed by atoms with E-state index >= 15 is 0 Å². The van der Waals surface area contributed by atoms with E-state index in [0.717, 1.165) is 12.8 Å². The van der Waals surface area contributed by atoms with Gasteiger partial charge in [-0.25, -0.2) is 0 Å². The van der Waals surface area contributed by atoms with Crippen molar-refractivity contribution in [2.75, 3.05) is 14.2 Å². The van der Waals surface area contributed by atoms with Gasteiger partial charge in [-0.1, -0.05) is 60.7 Å². The summed E-state index contributed by atoms with van der Waals surface area (Å²) in [7, 11) is 3.52. The summed E-state index contributed by atoms with van der Waals surface area (Å²) in [5.74, 6) is 0. The monoisotopic (exact) mass is 344 g/mol. The number of hydrogen-bond acceptors (Lipinski definition) is 2. The van der Waals surface area contributed by atoms with Gasteiger partial charge in [-0.2, -0.15) is 0 Å². The fourth-order valence-corrected chi connectivity index (χ4v) is 4.09. The Morgan fingerprint density at radius 3 is 1.46 bits per heavy atom. The highest BCUT2D eigenvalue weighted by atomic mass is 16.5. The molecule has 0 fully saturated rings. The van der Waals surface area contributed by atoms with Crippen molar-refractivity contribution in [1.29, 1.82) is 0 Å². The van der Waals surface area contributed by atoms with Crippen LogP contribution in [0.5, 0.6) is 0 Å². The molecule has 0 amide bonds. The van der Waals surface area contributed by atoms with E-state index in [1.807, 2.05) is 0 Å². The van der Waals surface area contributed by atoms with Gasteiger partial charge in [0.25, 0.3) is 0 Å². The maximum Gasteiger partial charge on any atom is 0.0719 e. The van der Waals surface area contributed by atoms with Crippen molar-refractivity contribution >= 4 is 0 Å². The number of ether oxygens (including phenoxy) is 2. The molecule has 3 aromatic carbocycles. The minimum atomic E-state index is 0.603. The van der Waals surface area contributed by atoms with E-state index in [9.17, 15) is 0 Å². The van der Waals surface area contributed by atoms with E-state index in [-0.39, 0.29) is 0 Å². The van der Waals surface area contributed by atoms with E-state index in [1.165, 1.54) is 44.5 Å². The van der Waals surface area contributed by atoms with Crippen LogP contribution in [0.3, 0.4) is 0 Å². The summed E-state index contributed by atoms with van der Waals surface area (Å²) in [6.07, 6.45) is 2.10. The summed E-state index contributed by atoms with van der Waals surface area (Å²) in [4.78, 5) is 0. The molecule has 0 unspecified atom stereocenters. The van der Waals surface area contributed by atoms with Gasteiger partial charge in [0, 0.05) is 14.2 Å². The van der Waals surface area contributed by atoms with Gasteiger partial charge in [0.15, 0.2) is 0 Å². The van der Waals surface area contributed by atoms with Crippen LogP contribution in [0, 0.1) is 0 Å². The first-order valence-corrected chi connectivity index (χ1v) is 9.12. The molecule has 0 saturated carbocycles. The number of rotatable bonds is 4. The molecule has 3 aromatic rings. The van der Waals surface area contributed by atoms with Gasteiger partial charge in [-0.05, 0) is 57.3 Å². The summed E-state index contributed by atoms with van der Waals surface area (Å²) in [6, 6.07) is 21.9. The zero-order valence-corrected chi connectivity index (χ0v) is 15.4. The molecule has 2 nitrogen and oxygen atoms in total. The molecule has 1 aliphatic rings. The maximum absolute atomic E-state index is 5.54. The highest BCUT2D eigenvalue weighted by molar-refractivity contribution is 5.91. The highest BCUT2D eigenvalue weighted by Crippen LogP contribution is 2.43. The molecule has 0 atom stereocenters. The molecule has 0 aromatic heterocycles. The second-order valence-corrected chi connectivity index (χ2v) is 6.81.